The molecule has 1 aliphatic heterocycles. The molecule has 16 heavy (non-hydrogen) atoms. The Morgan fingerprint density at radius 3 is 2.88 bits per heavy atom. The molecular formula is C9H12N2O5. The summed E-state index contributed by atoms with van der Waals surface area (Å²) < 4.78 is 6.10. The largest absolute Gasteiger partial charge is 0.394 e. The smallest absolute Gasteiger partial charge is 0.330 e. The van der Waals surface area contributed by atoms with Crippen molar-refractivity contribution in [1.29, 1.82) is 0 Å². The number of rotatable bonds is 2. The first-order valence-corrected chi connectivity index (χ1v) is 4.88. The molecule has 0 bridgehead atoms. The SMILES string of the molecule is O=c1cc[nH]c(=O)n1C1C[C@@H](O)C(CO)O1. The van der Waals surface area contributed by atoms with Gasteiger partial charge < -0.3 is 19.9 Å². The molecule has 7 nitrogen and oxygen atoms in total. The zero-order valence-corrected chi connectivity index (χ0v) is 8.37. The molecule has 0 saturated carbocycles. The van der Waals surface area contributed by atoms with Gasteiger partial charge in [0.2, 0.25) is 0 Å². The third-order valence-corrected chi connectivity index (χ3v) is 2.56. The number of nitrogens with zero attached hydrogens (tertiary/aromatic N) is 1. The van der Waals surface area contributed by atoms with Crippen molar-refractivity contribution < 1.29 is 14.9 Å². The zero-order valence-electron chi connectivity index (χ0n) is 8.37. The number of aliphatic hydroxyl groups is 2. The van der Waals surface area contributed by atoms with Gasteiger partial charge in [0.25, 0.3) is 5.56 Å². The van der Waals surface area contributed by atoms with Crippen molar-refractivity contribution in [3.8, 4) is 0 Å². The molecule has 0 spiro atoms. The van der Waals surface area contributed by atoms with Crippen LogP contribution >= 0.6 is 0 Å². The van der Waals surface area contributed by atoms with Gasteiger partial charge in [0.05, 0.1) is 12.7 Å². The number of ether oxygens (including phenoxy) is 1. The topological polar surface area (TPSA) is 105 Å². The second-order valence-corrected chi connectivity index (χ2v) is 3.61. The minimum Gasteiger partial charge on any atom is -0.394 e. The molecule has 0 aromatic carbocycles. The summed E-state index contributed by atoms with van der Waals surface area (Å²) in [5.74, 6) is 0. The van der Waals surface area contributed by atoms with Gasteiger partial charge in [0.15, 0.2) is 0 Å². The van der Waals surface area contributed by atoms with Crippen LogP contribution in [-0.4, -0.2) is 38.6 Å². The van der Waals surface area contributed by atoms with Crippen LogP contribution in [0.2, 0.25) is 0 Å². The molecule has 0 radical (unpaired) electrons. The molecular weight excluding hydrogens is 216 g/mol. The van der Waals surface area contributed by atoms with Crippen molar-refractivity contribution >= 4 is 0 Å². The first-order valence-electron chi connectivity index (χ1n) is 4.88. The highest BCUT2D eigenvalue weighted by molar-refractivity contribution is 4.88. The maximum absolute atomic E-state index is 11.4. The third kappa shape index (κ3) is 1.80. The summed E-state index contributed by atoms with van der Waals surface area (Å²) in [6.45, 7) is -0.350. The fourth-order valence-corrected chi connectivity index (χ4v) is 1.74. The van der Waals surface area contributed by atoms with Gasteiger partial charge in [0.1, 0.15) is 12.3 Å². The summed E-state index contributed by atoms with van der Waals surface area (Å²) in [6.07, 6.45) is -1.10. The molecule has 2 rings (SSSR count). The van der Waals surface area contributed by atoms with Gasteiger partial charge in [-0.3, -0.25) is 4.79 Å². The van der Waals surface area contributed by atoms with E-state index in [4.69, 9.17) is 9.84 Å². The Morgan fingerprint density at radius 2 is 2.31 bits per heavy atom. The molecule has 0 aliphatic carbocycles. The standard InChI is InChI=1S/C9H12N2O5/c12-4-6-5(13)3-8(16-6)11-7(14)1-2-10-9(11)15/h1-2,5-6,8,12-13H,3-4H2,(H,10,15)/t5-,6?,8?/m1/s1. The lowest BCUT2D eigenvalue weighted by Gasteiger charge is -2.12. The summed E-state index contributed by atoms with van der Waals surface area (Å²) in [5, 5.41) is 18.4. The Balaban J connectivity index is 2.34. The monoisotopic (exact) mass is 228 g/mol. The van der Waals surface area contributed by atoms with Gasteiger partial charge in [-0.2, -0.15) is 0 Å². The summed E-state index contributed by atoms with van der Waals surface area (Å²) in [6, 6.07) is 1.20. The maximum atomic E-state index is 11.4. The Kier molecular flexibility index (Phi) is 2.90. The highest BCUT2D eigenvalue weighted by atomic mass is 16.5. The van der Waals surface area contributed by atoms with Crippen LogP contribution in [0.5, 0.6) is 0 Å². The number of H-pyrrole nitrogens is 1. The third-order valence-electron chi connectivity index (χ3n) is 2.56. The molecule has 7 heteroatoms. The van der Waals surface area contributed by atoms with Crippen molar-refractivity contribution in [3.05, 3.63) is 33.1 Å². The molecule has 2 unspecified atom stereocenters. The van der Waals surface area contributed by atoms with Crippen molar-refractivity contribution in [1.82, 2.24) is 9.55 Å². The van der Waals surface area contributed by atoms with Crippen molar-refractivity contribution in [2.45, 2.75) is 24.9 Å². The van der Waals surface area contributed by atoms with Crippen LogP contribution in [-0.2, 0) is 4.74 Å². The van der Waals surface area contributed by atoms with E-state index >= 15 is 0 Å². The Labute approximate surface area is 89.9 Å². The van der Waals surface area contributed by atoms with Crippen LogP contribution in [0.1, 0.15) is 12.6 Å². The summed E-state index contributed by atoms with van der Waals surface area (Å²) >= 11 is 0. The molecule has 1 aliphatic rings. The average molecular weight is 228 g/mol. The number of nitrogens with one attached hydrogen (secondary N) is 1. The Hall–Kier alpha value is -1.44. The van der Waals surface area contributed by atoms with Crippen molar-refractivity contribution in [2.75, 3.05) is 6.61 Å². The van der Waals surface area contributed by atoms with Gasteiger partial charge >= 0.3 is 5.69 Å². The summed E-state index contributed by atoms with van der Waals surface area (Å²) in [4.78, 5) is 25.2. The molecule has 2 heterocycles. The minimum absolute atomic E-state index is 0.109. The molecule has 1 saturated heterocycles. The predicted molar refractivity (Wildman–Crippen MR) is 52.9 cm³/mol. The number of hydrogen-bond acceptors (Lipinski definition) is 5. The second kappa shape index (κ2) is 4.20. The van der Waals surface area contributed by atoms with E-state index in [1.807, 2.05) is 0 Å². The molecule has 88 valence electrons. The summed E-state index contributed by atoms with van der Waals surface area (Å²) in [7, 11) is 0. The van der Waals surface area contributed by atoms with E-state index in [0.29, 0.717) is 0 Å². The van der Waals surface area contributed by atoms with E-state index < -0.39 is 29.7 Å². The minimum atomic E-state index is -0.874. The van der Waals surface area contributed by atoms with Crippen molar-refractivity contribution in [3.63, 3.8) is 0 Å². The van der Waals surface area contributed by atoms with Crippen LogP contribution in [0, 0.1) is 0 Å². The maximum Gasteiger partial charge on any atom is 0.330 e. The number of aromatic amines is 1. The highest BCUT2D eigenvalue weighted by Crippen LogP contribution is 2.26. The van der Waals surface area contributed by atoms with E-state index in [0.717, 1.165) is 4.57 Å². The first-order chi connectivity index (χ1) is 7.63. The van der Waals surface area contributed by atoms with Crippen LogP contribution in [0.15, 0.2) is 21.9 Å². The molecule has 1 aromatic rings. The first kappa shape index (κ1) is 11.1. The molecule has 3 atom stereocenters. The predicted octanol–water partition coefficient (Wildman–Crippen LogP) is -1.82. The van der Waals surface area contributed by atoms with Crippen LogP contribution in [0.3, 0.4) is 0 Å². The molecule has 1 aromatic heterocycles. The fraction of sp³-hybridized carbons (Fsp3) is 0.556. The van der Waals surface area contributed by atoms with E-state index in [-0.39, 0.29) is 13.0 Å². The van der Waals surface area contributed by atoms with Gasteiger partial charge in [-0.15, -0.1) is 0 Å². The second-order valence-electron chi connectivity index (χ2n) is 3.61. The van der Waals surface area contributed by atoms with Gasteiger partial charge in [-0.1, -0.05) is 0 Å². The zero-order chi connectivity index (χ0) is 11.7. The lowest BCUT2D eigenvalue weighted by molar-refractivity contribution is -0.0469. The quantitative estimate of drug-likeness (QED) is 0.552. The highest BCUT2D eigenvalue weighted by Gasteiger charge is 2.35. The van der Waals surface area contributed by atoms with E-state index in [9.17, 15) is 14.7 Å². The number of aliphatic hydroxyl groups excluding tert-OH is 2. The molecule has 3 N–H and O–H groups in total. The molecule has 0 amide bonds. The molecule has 1 fully saturated rings. The normalized spacial score (nSPS) is 29.5. The number of aromatic nitrogens is 2. The Morgan fingerprint density at radius 1 is 1.56 bits per heavy atom. The summed E-state index contributed by atoms with van der Waals surface area (Å²) in [5.41, 5.74) is -1.09. The van der Waals surface area contributed by atoms with Crippen LogP contribution < -0.4 is 11.2 Å². The van der Waals surface area contributed by atoms with E-state index in [1.54, 1.807) is 0 Å². The van der Waals surface area contributed by atoms with Gasteiger partial charge in [-0.05, 0) is 0 Å². The average Bonchev–Trinajstić information content (AvgIpc) is 2.59. The van der Waals surface area contributed by atoms with Crippen molar-refractivity contribution in [2.24, 2.45) is 0 Å². The lowest BCUT2D eigenvalue weighted by Crippen LogP contribution is -2.37. The Bertz CT molecular complexity index is 451. The number of hydrogen-bond donors (Lipinski definition) is 3. The van der Waals surface area contributed by atoms with Gasteiger partial charge in [-0.25, -0.2) is 9.36 Å². The lowest BCUT2D eigenvalue weighted by atomic mass is 10.2. The van der Waals surface area contributed by atoms with E-state index in [1.165, 1.54) is 12.3 Å². The van der Waals surface area contributed by atoms with Crippen LogP contribution in [0.25, 0.3) is 0 Å². The fourth-order valence-electron chi connectivity index (χ4n) is 1.74. The van der Waals surface area contributed by atoms with Crippen LogP contribution in [0.4, 0.5) is 0 Å². The van der Waals surface area contributed by atoms with E-state index in [2.05, 4.69) is 4.98 Å². The van der Waals surface area contributed by atoms with Gasteiger partial charge in [0, 0.05) is 18.7 Å².